The summed E-state index contributed by atoms with van der Waals surface area (Å²) >= 11 is 0. The third-order valence-corrected chi connectivity index (χ3v) is 11.6. The van der Waals surface area contributed by atoms with Crippen molar-refractivity contribution in [1.29, 1.82) is 0 Å². The van der Waals surface area contributed by atoms with E-state index in [1.807, 2.05) is 0 Å². The van der Waals surface area contributed by atoms with E-state index >= 15 is 4.39 Å². The molecule has 0 spiro atoms. The molecule has 0 aromatic heterocycles. The molecule has 1 amide bonds. The molecule has 1 aliphatic carbocycles. The number of halogens is 1. The van der Waals surface area contributed by atoms with Gasteiger partial charge in [0.1, 0.15) is 5.82 Å². The van der Waals surface area contributed by atoms with Crippen molar-refractivity contribution in [3.05, 3.63) is 29.6 Å². The lowest BCUT2D eigenvalue weighted by atomic mass is 9.82. The molecular weight excluding hydrogens is 429 g/mol. The van der Waals surface area contributed by atoms with Gasteiger partial charge in [0.15, 0.2) is 8.32 Å². The molecule has 0 N–H and O–H groups in total. The molecular formula is C24H36FNO5Si. The van der Waals surface area contributed by atoms with Crippen molar-refractivity contribution in [2.75, 3.05) is 18.1 Å². The van der Waals surface area contributed by atoms with Gasteiger partial charge in [0.05, 0.1) is 18.8 Å². The quantitative estimate of drug-likeness (QED) is 0.395. The van der Waals surface area contributed by atoms with Crippen molar-refractivity contribution in [3.8, 4) is 0 Å². The highest BCUT2D eigenvalue weighted by molar-refractivity contribution is 6.74. The maximum Gasteiger partial charge on any atom is 0.415 e. The van der Waals surface area contributed by atoms with Crippen LogP contribution in [0, 0.1) is 5.82 Å². The average Bonchev–Trinajstić information content (AvgIpc) is 3.09. The molecule has 1 atom stereocenters. The van der Waals surface area contributed by atoms with Crippen LogP contribution in [0.4, 0.5) is 14.9 Å². The number of cyclic esters (lactones) is 1. The zero-order valence-corrected chi connectivity index (χ0v) is 21.1. The Kier molecular flexibility index (Phi) is 7.34. The monoisotopic (exact) mass is 465 g/mol. The number of rotatable bonds is 6. The van der Waals surface area contributed by atoms with Gasteiger partial charge in [-0.05, 0) is 74.4 Å². The van der Waals surface area contributed by atoms with Crippen LogP contribution in [0.1, 0.15) is 64.9 Å². The fraction of sp³-hybridized carbons (Fsp3) is 0.667. The number of carbonyl (C=O) groups is 2. The number of ether oxygens (including phenoxy) is 2. The summed E-state index contributed by atoms with van der Waals surface area (Å²) in [5, 5.41) is 0.175. The Hall–Kier alpha value is -1.93. The molecule has 1 saturated heterocycles. The molecule has 1 saturated carbocycles. The Balaban J connectivity index is 1.62. The molecule has 178 valence electrons. The Morgan fingerprint density at radius 2 is 1.88 bits per heavy atom. The second-order valence-corrected chi connectivity index (χ2v) is 15.0. The van der Waals surface area contributed by atoms with E-state index in [2.05, 4.69) is 33.9 Å². The SMILES string of the molecule is CCOC(=O)C1CN(c2ccc(C3CCC(O[Si](C)(C)C(C)(C)C)CC3)c(F)c2)C(=O)O1. The van der Waals surface area contributed by atoms with Gasteiger partial charge in [0.25, 0.3) is 0 Å². The second kappa shape index (κ2) is 9.51. The molecule has 2 fully saturated rings. The predicted octanol–water partition coefficient (Wildman–Crippen LogP) is 5.76. The van der Waals surface area contributed by atoms with Gasteiger partial charge < -0.3 is 13.9 Å². The maximum absolute atomic E-state index is 15.0. The molecule has 1 aliphatic heterocycles. The maximum atomic E-state index is 15.0. The minimum absolute atomic E-state index is 0.0202. The van der Waals surface area contributed by atoms with Crippen molar-refractivity contribution >= 4 is 26.1 Å². The first-order chi connectivity index (χ1) is 14.9. The molecule has 2 aliphatic rings. The molecule has 1 aromatic rings. The Morgan fingerprint density at radius 1 is 1.22 bits per heavy atom. The molecule has 1 aromatic carbocycles. The summed E-state index contributed by atoms with van der Waals surface area (Å²) < 4.78 is 31.6. The number of carbonyl (C=O) groups excluding carboxylic acids is 2. The number of hydrogen-bond acceptors (Lipinski definition) is 5. The van der Waals surface area contributed by atoms with E-state index < -0.39 is 26.5 Å². The van der Waals surface area contributed by atoms with Crippen molar-refractivity contribution in [1.82, 2.24) is 0 Å². The fourth-order valence-corrected chi connectivity index (χ4v) is 5.55. The van der Waals surface area contributed by atoms with Gasteiger partial charge in [-0.1, -0.05) is 26.8 Å². The van der Waals surface area contributed by atoms with Gasteiger partial charge in [-0.3, -0.25) is 4.90 Å². The van der Waals surface area contributed by atoms with Crippen LogP contribution < -0.4 is 4.90 Å². The smallest absolute Gasteiger partial charge is 0.415 e. The minimum Gasteiger partial charge on any atom is -0.463 e. The number of benzene rings is 1. The van der Waals surface area contributed by atoms with Crippen LogP contribution >= 0.6 is 0 Å². The van der Waals surface area contributed by atoms with E-state index in [-0.39, 0.29) is 36.0 Å². The summed E-state index contributed by atoms with van der Waals surface area (Å²) in [5.74, 6) is -0.776. The van der Waals surface area contributed by atoms with Crippen molar-refractivity contribution in [2.24, 2.45) is 0 Å². The van der Waals surface area contributed by atoms with Gasteiger partial charge in [-0.15, -0.1) is 0 Å². The minimum atomic E-state index is -1.81. The first kappa shape index (κ1) is 24.7. The summed E-state index contributed by atoms with van der Waals surface area (Å²) in [6, 6.07) is 4.85. The highest BCUT2D eigenvalue weighted by atomic mass is 28.4. The lowest BCUT2D eigenvalue weighted by Crippen LogP contribution is -2.44. The summed E-state index contributed by atoms with van der Waals surface area (Å²) in [6.45, 7) is 13.2. The fourth-order valence-electron chi connectivity index (χ4n) is 4.13. The Bertz CT molecular complexity index is 845. The van der Waals surface area contributed by atoms with Crippen molar-refractivity contribution in [2.45, 2.75) is 89.6 Å². The van der Waals surface area contributed by atoms with Crippen LogP contribution in [0.25, 0.3) is 0 Å². The Labute approximate surface area is 191 Å². The van der Waals surface area contributed by atoms with Gasteiger partial charge in [-0.2, -0.15) is 0 Å². The van der Waals surface area contributed by atoms with Gasteiger partial charge in [0, 0.05) is 6.10 Å². The average molecular weight is 466 g/mol. The van der Waals surface area contributed by atoms with Crippen LogP contribution in [-0.4, -0.2) is 45.7 Å². The van der Waals surface area contributed by atoms with Crippen molar-refractivity contribution in [3.63, 3.8) is 0 Å². The molecule has 0 radical (unpaired) electrons. The van der Waals surface area contributed by atoms with Gasteiger partial charge in [0.2, 0.25) is 6.10 Å². The van der Waals surface area contributed by atoms with E-state index in [9.17, 15) is 9.59 Å². The van der Waals surface area contributed by atoms with Gasteiger partial charge >= 0.3 is 12.1 Å². The zero-order chi connectivity index (χ0) is 23.7. The number of hydrogen-bond donors (Lipinski definition) is 0. The van der Waals surface area contributed by atoms with Gasteiger partial charge in [-0.25, -0.2) is 14.0 Å². The molecule has 6 nitrogen and oxygen atoms in total. The number of anilines is 1. The molecule has 3 rings (SSSR count). The highest BCUT2D eigenvalue weighted by Crippen LogP contribution is 2.42. The second-order valence-electron chi connectivity index (χ2n) is 10.3. The molecule has 1 heterocycles. The highest BCUT2D eigenvalue weighted by Gasteiger charge is 2.40. The van der Waals surface area contributed by atoms with E-state index in [4.69, 9.17) is 13.9 Å². The first-order valence-corrected chi connectivity index (χ1v) is 14.5. The number of amides is 1. The van der Waals surface area contributed by atoms with Crippen LogP contribution in [0.5, 0.6) is 0 Å². The summed E-state index contributed by atoms with van der Waals surface area (Å²) in [5.41, 5.74) is 1.06. The van der Waals surface area contributed by atoms with Crippen LogP contribution in [0.2, 0.25) is 18.1 Å². The molecule has 1 unspecified atom stereocenters. The van der Waals surface area contributed by atoms with E-state index in [0.717, 1.165) is 25.7 Å². The third-order valence-electron chi connectivity index (χ3n) is 7.04. The summed E-state index contributed by atoms with van der Waals surface area (Å²) in [7, 11) is -1.81. The molecule has 8 heteroatoms. The van der Waals surface area contributed by atoms with E-state index in [0.29, 0.717) is 11.3 Å². The molecule has 0 bridgehead atoms. The van der Waals surface area contributed by atoms with E-state index in [1.54, 1.807) is 19.1 Å². The Morgan fingerprint density at radius 3 is 2.44 bits per heavy atom. The number of esters is 1. The van der Waals surface area contributed by atoms with Crippen LogP contribution in [-0.2, 0) is 18.7 Å². The van der Waals surface area contributed by atoms with E-state index in [1.165, 1.54) is 11.0 Å². The largest absolute Gasteiger partial charge is 0.463 e. The van der Waals surface area contributed by atoms with Crippen molar-refractivity contribution < 1.29 is 27.9 Å². The van der Waals surface area contributed by atoms with Crippen LogP contribution in [0.15, 0.2) is 18.2 Å². The number of nitrogens with zero attached hydrogens (tertiary/aromatic N) is 1. The first-order valence-electron chi connectivity index (χ1n) is 11.5. The summed E-state index contributed by atoms with van der Waals surface area (Å²) in [4.78, 5) is 25.3. The normalized spacial score (nSPS) is 24.4. The topological polar surface area (TPSA) is 65.1 Å². The lowest BCUT2D eigenvalue weighted by molar-refractivity contribution is -0.151. The standard InChI is InChI=1S/C24H36FNO5Si/c1-7-29-22(27)21-15-26(23(28)30-21)17-10-13-19(20(25)14-17)16-8-11-18(12-9-16)31-32(5,6)24(2,3)4/h10,13-14,16,18,21H,7-9,11-12,15H2,1-6H3. The summed E-state index contributed by atoms with van der Waals surface area (Å²) in [6.07, 6.45) is 2.21. The third kappa shape index (κ3) is 5.34. The van der Waals surface area contributed by atoms with Crippen LogP contribution in [0.3, 0.4) is 0 Å². The molecule has 32 heavy (non-hydrogen) atoms. The predicted molar refractivity (Wildman–Crippen MR) is 124 cm³/mol. The lowest BCUT2D eigenvalue weighted by Gasteiger charge is -2.41. The zero-order valence-electron chi connectivity index (χ0n) is 20.1.